The van der Waals surface area contributed by atoms with Crippen LogP contribution >= 0.6 is 11.3 Å². The fraction of sp³-hybridized carbons (Fsp3) is 0.235. The van der Waals surface area contributed by atoms with E-state index in [4.69, 9.17) is 4.74 Å². The normalized spacial score (nSPS) is 11.0. The lowest BCUT2D eigenvalue weighted by Gasteiger charge is -2.19. The Morgan fingerprint density at radius 3 is 2.77 bits per heavy atom. The molecule has 26 heavy (non-hydrogen) atoms. The Morgan fingerprint density at radius 1 is 1.19 bits per heavy atom. The Labute approximate surface area is 154 Å². The molecule has 0 atom stereocenters. The first-order valence-corrected chi connectivity index (χ1v) is 8.78. The summed E-state index contributed by atoms with van der Waals surface area (Å²) in [7, 11) is 0. The molecule has 0 bridgehead atoms. The van der Waals surface area contributed by atoms with E-state index in [-0.39, 0.29) is 0 Å². The lowest BCUT2D eigenvalue weighted by molar-refractivity contribution is 0.0635. The third-order valence-electron chi connectivity index (χ3n) is 3.00. The molecule has 3 rings (SSSR count). The summed E-state index contributed by atoms with van der Waals surface area (Å²) >= 11 is 1.58. The van der Waals surface area contributed by atoms with Gasteiger partial charge in [0.2, 0.25) is 5.95 Å². The van der Waals surface area contributed by atoms with E-state index >= 15 is 0 Å². The molecule has 0 aliphatic heterocycles. The summed E-state index contributed by atoms with van der Waals surface area (Å²) in [5.41, 5.74) is 1.02. The molecule has 3 heterocycles. The smallest absolute Gasteiger partial charge is 0.413 e. The molecule has 2 N–H and O–H groups in total. The highest BCUT2D eigenvalue weighted by Gasteiger charge is 2.17. The van der Waals surface area contributed by atoms with E-state index in [9.17, 15) is 4.79 Å². The van der Waals surface area contributed by atoms with Gasteiger partial charge in [-0.3, -0.25) is 5.32 Å². The minimum Gasteiger partial charge on any atom is -0.444 e. The number of pyridine rings is 1. The zero-order valence-corrected chi connectivity index (χ0v) is 15.4. The first-order chi connectivity index (χ1) is 12.4. The summed E-state index contributed by atoms with van der Waals surface area (Å²) in [6, 6.07) is 5.36. The van der Waals surface area contributed by atoms with Gasteiger partial charge in [-0.2, -0.15) is 16.3 Å². The number of amides is 1. The zero-order chi connectivity index (χ0) is 18.6. The molecule has 0 unspecified atom stereocenters. The van der Waals surface area contributed by atoms with Crippen molar-refractivity contribution in [3.05, 3.63) is 41.5 Å². The van der Waals surface area contributed by atoms with Crippen molar-refractivity contribution in [1.29, 1.82) is 0 Å². The Bertz CT molecular complexity index is 892. The van der Waals surface area contributed by atoms with Gasteiger partial charge in [0, 0.05) is 17.1 Å². The summed E-state index contributed by atoms with van der Waals surface area (Å²) in [4.78, 5) is 28.7. The van der Waals surface area contributed by atoms with Gasteiger partial charge in [-0.15, -0.1) is 0 Å². The maximum absolute atomic E-state index is 11.9. The molecule has 9 heteroatoms. The first kappa shape index (κ1) is 17.7. The lowest BCUT2D eigenvalue weighted by atomic mass is 10.2. The molecule has 0 spiro atoms. The van der Waals surface area contributed by atoms with Crippen molar-refractivity contribution in [1.82, 2.24) is 19.9 Å². The van der Waals surface area contributed by atoms with Crippen LogP contribution in [0.3, 0.4) is 0 Å². The Morgan fingerprint density at radius 2 is 2.04 bits per heavy atom. The van der Waals surface area contributed by atoms with Crippen LogP contribution in [0.5, 0.6) is 0 Å². The minimum absolute atomic E-state index is 0.351. The van der Waals surface area contributed by atoms with Gasteiger partial charge in [0.15, 0.2) is 5.82 Å². The maximum atomic E-state index is 11.9. The third kappa shape index (κ3) is 4.96. The van der Waals surface area contributed by atoms with Crippen LogP contribution in [-0.2, 0) is 4.74 Å². The van der Waals surface area contributed by atoms with E-state index < -0.39 is 11.7 Å². The quantitative estimate of drug-likeness (QED) is 0.713. The van der Waals surface area contributed by atoms with Crippen molar-refractivity contribution in [2.75, 3.05) is 10.6 Å². The zero-order valence-electron chi connectivity index (χ0n) is 14.6. The Balaban J connectivity index is 1.76. The second-order valence-electron chi connectivity index (χ2n) is 6.33. The highest BCUT2D eigenvalue weighted by atomic mass is 32.1. The fourth-order valence-electron chi connectivity index (χ4n) is 2.01. The number of anilines is 3. The molecule has 0 aliphatic rings. The monoisotopic (exact) mass is 370 g/mol. The first-order valence-electron chi connectivity index (χ1n) is 7.84. The van der Waals surface area contributed by atoms with Gasteiger partial charge in [-0.25, -0.2) is 19.7 Å². The number of hydrogen-bond acceptors (Lipinski definition) is 8. The molecule has 3 aromatic heterocycles. The Hall–Kier alpha value is -3.07. The average Bonchev–Trinajstić information content (AvgIpc) is 3.06. The second-order valence-corrected chi connectivity index (χ2v) is 7.11. The SMILES string of the molecule is CC(C)(C)OC(=O)Nc1cc(-c2ncnc(Nc3ccsc3)n2)ccn1. The molecule has 0 radical (unpaired) electrons. The van der Waals surface area contributed by atoms with Crippen LogP contribution in [0.4, 0.5) is 22.2 Å². The molecule has 0 saturated carbocycles. The van der Waals surface area contributed by atoms with Gasteiger partial charge in [0.05, 0.1) is 5.69 Å². The molecule has 0 fully saturated rings. The molecular weight excluding hydrogens is 352 g/mol. The number of thiophene rings is 1. The topological polar surface area (TPSA) is 102 Å². The van der Waals surface area contributed by atoms with E-state index in [0.29, 0.717) is 23.2 Å². The third-order valence-corrected chi connectivity index (χ3v) is 3.68. The number of rotatable bonds is 4. The van der Waals surface area contributed by atoms with Crippen LogP contribution < -0.4 is 10.6 Å². The summed E-state index contributed by atoms with van der Waals surface area (Å²) in [5, 5.41) is 9.63. The molecule has 0 saturated heterocycles. The summed E-state index contributed by atoms with van der Waals surface area (Å²) in [6.07, 6.45) is 2.42. The van der Waals surface area contributed by atoms with Crippen molar-refractivity contribution in [3.63, 3.8) is 0 Å². The fourth-order valence-corrected chi connectivity index (χ4v) is 2.59. The van der Waals surface area contributed by atoms with Crippen LogP contribution in [0.2, 0.25) is 0 Å². The summed E-state index contributed by atoms with van der Waals surface area (Å²) < 4.78 is 5.22. The number of nitrogens with one attached hydrogen (secondary N) is 2. The predicted octanol–water partition coefficient (Wildman–Crippen LogP) is 4.09. The van der Waals surface area contributed by atoms with Gasteiger partial charge >= 0.3 is 6.09 Å². The highest BCUT2D eigenvalue weighted by Crippen LogP contribution is 2.20. The second kappa shape index (κ2) is 7.44. The van der Waals surface area contributed by atoms with Gasteiger partial charge in [0.25, 0.3) is 0 Å². The predicted molar refractivity (Wildman–Crippen MR) is 101 cm³/mol. The largest absolute Gasteiger partial charge is 0.444 e. The van der Waals surface area contributed by atoms with Gasteiger partial charge in [-0.05, 0) is 44.4 Å². The molecular formula is C17H18N6O2S. The number of aromatic nitrogens is 4. The van der Waals surface area contributed by atoms with Gasteiger partial charge in [-0.1, -0.05) is 0 Å². The molecule has 3 aromatic rings. The molecule has 1 amide bonds. The van der Waals surface area contributed by atoms with Crippen LogP contribution in [0.15, 0.2) is 41.5 Å². The van der Waals surface area contributed by atoms with Crippen molar-refractivity contribution in [2.45, 2.75) is 26.4 Å². The van der Waals surface area contributed by atoms with Crippen LogP contribution in [0.25, 0.3) is 11.4 Å². The van der Waals surface area contributed by atoms with E-state index in [1.165, 1.54) is 6.33 Å². The van der Waals surface area contributed by atoms with E-state index in [1.807, 2.05) is 16.8 Å². The average molecular weight is 370 g/mol. The standard InChI is InChI=1S/C17H18N6O2S/c1-17(2,3)25-16(24)22-13-8-11(4-6-18-13)14-19-10-20-15(23-14)21-12-5-7-26-9-12/h4-10H,1-3H3,(H,18,22,24)(H,19,20,21,23). The van der Waals surface area contributed by atoms with Crippen LogP contribution in [0, 0.1) is 0 Å². The lowest BCUT2D eigenvalue weighted by Crippen LogP contribution is -2.27. The van der Waals surface area contributed by atoms with Crippen molar-refractivity contribution < 1.29 is 9.53 Å². The van der Waals surface area contributed by atoms with Gasteiger partial charge < -0.3 is 10.1 Å². The van der Waals surface area contributed by atoms with Crippen LogP contribution in [0.1, 0.15) is 20.8 Å². The Kier molecular flexibility index (Phi) is 5.08. The summed E-state index contributed by atoms with van der Waals surface area (Å²) in [6.45, 7) is 5.38. The molecule has 0 aliphatic carbocycles. The highest BCUT2D eigenvalue weighted by molar-refractivity contribution is 7.08. The van der Waals surface area contributed by atoms with Crippen molar-refractivity contribution in [2.24, 2.45) is 0 Å². The maximum Gasteiger partial charge on any atom is 0.413 e. The van der Waals surface area contributed by atoms with E-state index in [1.54, 1.807) is 50.4 Å². The van der Waals surface area contributed by atoms with Gasteiger partial charge in [0.1, 0.15) is 17.7 Å². The van der Waals surface area contributed by atoms with E-state index in [0.717, 1.165) is 5.69 Å². The van der Waals surface area contributed by atoms with E-state index in [2.05, 4.69) is 30.6 Å². The number of carbonyl (C=O) groups excluding carboxylic acids is 1. The number of nitrogens with zero attached hydrogens (tertiary/aromatic N) is 4. The summed E-state index contributed by atoms with van der Waals surface area (Å²) in [5.74, 6) is 1.25. The number of ether oxygens (including phenoxy) is 1. The molecule has 134 valence electrons. The number of hydrogen-bond donors (Lipinski definition) is 2. The van der Waals surface area contributed by atoms with Crippen molar-refractivity contribution >= 4 is 34.9 Å². The van der Waals surface area contributed by atoms with Crippen molar-refractivity contribution in [3.8, 4) is 11.4 Å². The molecule has 0 aromatic carbocycles. The van der Waals surface area contributed by atoms with Crippen LogP contribution in [-0.4, -0.2) is 31.6 Å². The molecule has 8 nitrogen and oxygen atoms in total. The number of carbonyl (C=O) groups is 1. The minimum atomic E-state index is -0.585.